The smallest absolute Gasteiger partial charge is 0.251 e. The van der Waals surface area contributed by atoms with Crippen LogP contribution in [0.15, 0.2) is 24.3 Å². The highest BCUT2D eigenvalue weighted by molar-refractivity contribution is 6.30. The molecule has 2 rings (SSSR count). The Hall–Kier alpha value is -0.290. The topological polar surface area (TPSA) is 6.25 Å². The molecule has 0 spiro atoms. The van der Waals surface area contributed by atoms with E-state index in [9.17, 15) is 0 Å². The molecule has 0 saturated carbocycles. The van der Waals surface area contributed by atoms with Crippen LogP contribution in [0.2, 0.25) is 5.02 Å². The van der Waals surface area contributed by atoms with E-state index in [0.29, 0.717) is 0 Å². The summed E-state index contributed by atoms with van der Waals surface area (Å²) in [7, 11) is 0. The van der Waals surface area contributed by atoms with Gasteiger partial charge in [0.05, 0.1) is 19.6 Å². The van der Waals surface area contributed by atoms with Crippen molar-refractivity contribution in [2.75, 3.05) is 24.5 Å². The fourth-order valence-electron chi connectivity index (χ4n) is 2.50. The van der Waals surface area contributed by atoms with E-state index < -0.39 is 0 Å². The molecule has 100 valence electrons. The molecule has 2 nitrogen and oxygen atoms in total. The van der Waals surface area contributed by atoms with Crippen LogP contribution in [-0.4, -0.2) is 30.0 Å². The fourth-order valence-corrected chi connectivity index (χ4v) is 2.63. The second-order valence-electron chi connectivity index (χ2n) is 4.33. The zero-order valence-electron chi connectivity index (χ0n) is 11.0. The molecule has 1 aromatic rings. The van der Waals surface area contributed by atoms with Gasteiger partial charge in [-0.2, -0.15) is 0 Å². The van der Waals surface area contributed by atoms with Crippen molar-refractivity contribution >= 4 is 23.1 Å². The van der Waals surface area contributed by atoms with Crippen molar-refractivity contribution in [2.24, 2.45) is 0 Å². The van der Waals surface area contributed by atoms with Crippen molar-refractivity contribution < 1.29 is 28.6 Å². The Bertz CT molecular complexity index is 414. The molecule has 1 heterocycles. The maximum absolute atomic E-state index is 5.94. The molecule has 4 heteroatoms. The predicted molar refractivity (Wildman–Crippen MR) is 74.4 cm³/mol. The van der Waals surface area contributed by atoms with E-state index >= 15 is 0 Å². The molecule has 0 N–H and O–H groups in total. The van der Waals surface area contributed by atoms with Gasteiger partial charge in [0.2, 0.25) is 0 Å². The van der Waals surface area contributed by atoms with E-state index in [1.165, 1.54) is 24.5 Å². The lowest BCUT2D eigenvalue weighted by Gasteiger charge is -2.26. The van der Waals surface area contributed by atoms with Crippen LogP contribution in [0.4, 0.5) is 5.69 Å². The van der Waals surface area contributed by atoms with Gasteiger partial charge < -0.3 is 24.0 Å². The monoisotopic (exact) mass is 378 g/mol. The normalized spacial score (nSPS) is 15.6. The van der Waals surface area contributed by atoms with Crippen LogP contribution in [0.25, 0.3) is 0 Å². The third-order valence-corrected chi connectivity index (χ3v) is 3.57. The molecule has 0 atom stereocenters. The summed E-state index contributed by atoms with van der Waals surface area (Å²) in [5.74, 6) is 1.43. The standard InChI is InChI=1S/C14H20ClN2.HI/c1-3-14-16(4-2)10-5-11-17(14)13-8-6-12(15)7-9-13;/h6-9H,3-5,10-11H2,1-2H3;1H/q+1;/p-1. The molecule has 0 saturated heterocycles. The van der Waals surface area contributed by atoms with Crippen LogP contribution in [0.1, 0.15) is 26.7 Å². The number of benzene rings is 1. The number of rotatable bonds is 3. The molecule has 1 aliphatic rings. The molecule has 0 radical (unpaired) electrons. The lowest BCUT2D eigenvalue weighted by Crippen LogP contribution is -3.00. The number of hydrogen-bond acceptors (Lipinski definition) is 1. The molecule has 18 heavy (non-hydrogen) atoms. The van der Waals surface area contributed by atoms with Gasteiger partial charge in [0.15, 0.2) is 0 Å². The zero-order valence-corrected chi connectivity index (χ0v) is 13.9. The van der Waals surface area contributed by atoms with Crippen LogP contribution in [0, 0.1) is 0 Å². The molecule has 0 aromatic heterocycles. The molecular formula is C14H20ClIN2. The first kappa shape index (κ1) is 15.8. The molecule has 0 fully saturated rings. The minimum absolute atomic E-state index is 0. The van der Waals surface area contributed by atoms with E-state index in [-0.39, 0.29) is 24.0 Å². The number of nitrogens with zero attached hydrogens (tertiary/aromatic N) is 2. The van der Waals surface area contributed by atoms with Crippen LogP contribution in [0.3, 0.4) is 0 Å². The summed E-state index contributed by atoms with van der Waals surface area (Å²) in [4.78, 5) is 2.42. The lowest BCUT2D eigenvalue weighted by atomic mass is 10.2. The van der Waals surface area contributed by atoms with E-state index in [1.807, 2.05) is 12.1 Å². The average Bonchev–Trinajstić information content (AvgIpc) is 2.38. The third-order valence-electron chi connectivity index (χ3n) is 3.32. The summed E-state index contributed by atoms with van der Waals surface area (Å²) in [5.41, 5.74) is 1.25. The van der Waals surface area contributed by atoms with Crippen LogP contribution in [-0.2, 0) is 0 Å². The van der Waals surface area contributed by atoms with Gasteiger partial charge in [-0.25, -0.2) is 4.90 Å². The second-order valence-corrected chi connectivity index (χ2v) is 4.77. The van der Waals surface area contributed by atoms with Gasteiger partial charge in [-0.15, -0.1) is 0 Å². The Balaban J connectivity index is 0.00000162. The Morgan fingerprint density at radius 2 is 1.89 bits per heavy atom. The van der Waals surface area contributed by atoms with Crippen molar-refractivity contribution in [3.05, 3.63) is 29.3 Å². The van der Waals surface area contributed by atoms with E-state index in [4.69, 9.17) is 11.6 Å². The van der Waals surface area contributed by atoms with Crippen molar-refractivity contribution in [3.63, 3.8) is 0 Å². The molecule has 1 aromatic carbocycles. The quantitative estimate of drug-likeness (QED) is 0.545. The van der Waals surface area contributed by atoms with Crippen molar-refractivity contribution in [3.8, 4) is 0 Å². The molecular weight excluding hydrogens is 359 g/mol. The highest BCUT2D eigenvalue weighted by Crippen LogP contribution is 2.21. The number of hydrogen-bond donors (Lipinski definition) is 0. The highest BCUT2D eigenvalue weighted by atomic mass is 127. The molecule has 0 aliphatic carbocycles. The zero-order chi connectivity index (χ0) is 12.3. The summed E-state index contributed by atoms with van der Waals surface area (Å²) in [6, 6.07) is 8.15. The second kappa shape index (κ2) is 7.34. The van der Waals surface area contributed by atoms with Gasteiger partial charge in [-0.1, -0.05) is 18.5 Å². The Morgan fingerprint density at radius 3 is 2.44 bits per heavy atom. The SMILES string of the molecule is CCC1=[N+](CC)CCCN1c1ccc(Cl)cc1.[I-]. The van der Waals surface area contributed by atoms with Crippen LogP contribution in [0.5, 0.6) is 0 Å². The lowest BCUT2D eigenvalue weighted by molar-refractivity contribution is -0.529. The first-order chi connectivity index (χ1) is 8.26. The summed E-state index contributed by atoms with van der Waals surface area (Å²) in [6.07, 6.45) is 2.30. The number of halogens is 2. The minimum atomic E-state index is 0. The molecule has 1 aliphatic heterocycles. The van der Waals surface area contributed by atoms with Crippen molar-refractivity contribution in [2.45, 2.75) is 26.7 Å². The van der Waals surface area contributed by atoms with Crippen molar-refractivity contribution in [1.29, 1.82) is 0 Å². The Kier molecular flexibility index (Phi) is 6.43. The van der Waals surface area contributed by atoms with Crippen LogP contribution >= 0.6 is 11.6 Å². The molecule has 0 unspecified atom stereocenters. The van der Waals surface area contributed by atoms with E-state index in [0.717, 1.165) is 24.5 Å². The summed E-state index contributed by atoms with van der Waals surface area (Å²) < 4.78 is 2.47. The first-order valence-corrected chi connectivity index (χ1v) is 6.78. The largest absolute Gasteiger partial charge is 1.00 e. The predicted octanol–water partition coefficient (Wildman–Crippen LogP) is 0.395. The maximum Gasteiger partial charge on any atom is 0.251 e. The van der Waals surface area contributed by atoms with Crippen molar-refractivity contribution in [1.82, 2.24) is 0 Å². The van der Waals surface area contributed by atoms with Gasteiger partial charge in [-0.3, -0.25) is 4.58 Å². The molecule has 0 bridgehead atoms. The minimum Gasteiger partial charge on any atom is -1.00 e. The highest BCUT2D eigenvalue weighted by Gasteiger charge is 2.26. The Labute approximate surface area is 132 Å². The molecule has 0 amide bonds. The van der Waals surface area contributed by atoms with E-state index in [2.05, 4.69) is 35.5 Å². The number of anilines is 1. The van der Waals surface area contributed by atoms with Gasteiger partial charge in [0.1, 0.15) is 5.69 Å². The fraction of sp³-hybridized carbons (Fsp3) is 0.500. The number of amidine groups is 1. The summed E-state index contributed by atoms with van der Waals surface area (Å²) in [6.45, 7) is 7.84. The first-order valence-electron chi connectivity index (χ1n) is 6.40. The summed E-state index contributed by atoms with van der Waals surface area (Å²) in [5, 5.41) is 0.802. The van der Waals surface area contributed by atoms with Gasteiger partial charge >= 0.3 is 0 Å². The van der Waals surface area contributed by atoms with Gasteiger partial charge in [-0.05, 0) is 31.2 Å². The van der Waals surface area contributed by atoms with E-state index in [1.54, 1.807) is 0 Å². The maximum atomic E-state index is 5.94. The van der Waals surface area contributed by atoms with Gasteiger partial charge in [0, 0.05) is 17.9 Å². The summed E-state index contributed by atoms with van der Waals surface area (Å²) >= 11 is 5.94. The Morgan fingerprint density at radius 1 is 1.22 bits per heavy atom. The van der Waals surface area contributed by atoms with Crippen LogP contribution < -0.4 is 28.9 Å². The van der Waals surface area contributed by atoms with Gasteiger partial charge in [0.25, 0.3) is 5.84 Å². The third kappa shape index (κ3) is 3.38. The average molecular weight is 379 g/mol.